The second-order valence-electron chi connectivity index (χ2n) is 9.29. The second kappa shape index (κ2) is 12.1. The van der Waals surface area contributed by atoms with Crippen LogP contribution in [-0.4, -0.2) is 66.8 Å². The van der Waals surface area contributed by atoms with Crippen molar-refractivity contribution in [2.75, 3.05) is 26.6 Å². The van der Waals surface area contributed by atoms with Gasteiger partial charge in [0.1, 0.15) is 5.75 Å². The zero-order valence-corrected chi connectivity index (χ0v) is 21.4. The van der Waals surface area contributed by atoms with Gasteiger partial charge in [-0.05, 0) is 56.2 Å². The molecule has 1 N–H and O–H groups in total. The predicted molar refractivity (Wildman–Crippen MR) is 135 cm³/mol. The number of ether oxygens (including phenoxy) is 4. The van der Waals surface area contributed by atoms with Crippen molar-refractivity contribution in [1.82, 2.24) is 10.2 Å². The number of rotatable bonds is 5. The summed E-state index contributed by atoms with van der Waals surface area (Å²) in [6, 6.07) is 7.28. The number of thioether (sulfide) groups is 1. The summed E-state index contributed by atoms with van der Waals surface area (Å²) in [5.41, 5.74) is 1.00. The van der Waals surface area contributed by atoms with E-state index in [1.54, 1.807) is 14.2 Å². The number of amides is 2. The Morgan fingerprint density at radius 3 is 2.66 bits per heavy atom. The lowest BCUT2D eigenvalue weighted by Crippen LogP contribution is -2.62. The minimum Gasteiger partial charge on any atom is -0.497 e. The molecule has 0 spiro atoms. The Bertz CT molecular complexity index is 894. The van der Waals surface area contributed by atoms with Crippen molar-refractivity contribution >= 4 is 23.1 Å². The van der Waals surface area contributed by atoms with Crippen LogP contribution in [0.5, 0.6) is 5.75 Å². The molecular weight excluding hydrogens is 468 g/mol. The number of nitrogens with one attached hydrogen (secondary N) is 1. The molecule has 3 aliphatic rings. The minimum atomic E-state index is -1.01. The summed E-state index contributed by atoms with van der Waals surface area (Å²) in [5.74, 6) is 0.323. The van der Waals surface area contributed by atoms with Crippen LogP contribution in [0, 0.1) is 0 Å². The summed E-state index contributed by atoms with van der Waals surface area (Å²) in [6.45, 7) is 0.839. The van der Waals surface area contributed by atoms with Gasteiger partial charge in [-0.2, -0.15) is 0 Å². The average Bonchev–Trinajstić information content (AvgIpc) is 3.23. The summed E-state index contributed by atoms with van der Waals surface area (Å²) in [7, 11) is 3.27. The van der Waals surface area contributed by atoms with Crippen molar-refractivity contribution in [3.63, 3.8) is 0 Å². The van der Waals surface area contributed by atoms with Gasteiger partial charge in [-0.1, -0.05) is 36.0 Å². The van der Waals surface area contributed by atoms with Gasteiger partial charge in [-0.15, -0.1) is 0 Å². The highest BCUT2D eigenvalue weighted by molar-refractivity contribution is 8.13. The number of methoxy groups -OCH3 is 2. The number of alkyl carbamates (subject to hydrolysis) is 1. The van der Waals surface area contributed by atoms with Crippen molar-refractivity contribution in [2.24, 2.45) is 0 Å². The molecule has 3 aliphatic heterocycles. The maximum absolute atomic E-state index is 12.9. The number of nitrogens with zero attached hydrogens (tertiary/aromatic N) is 1. The molecule has 0 saturated carbocycles. The minimum absolute atomic E-state index is 0.00386. The Hall–Kier alpha value is -2.23. The van der Waals surface area contributed by atoms with Gasteiger partial charge in [0.2, 0.25) is 0 Å². The predicted octanol–water partition coefficient (Wildman–Crippen LogP) is 4.87. The highest BCUT2D eigenvalue weighted by Gasteiger charge is 2.53. The van der Waals surface area contributed by atoms with Gasteiger partial charge in [-0.25, -0.2) is 4.79 Å². The number of hydrogen-bond acceptors (Lipinski definition) is 7. The first-order valence-corrected chi connectivity index (χ1v) is 13.4. The van der Waals surface area contributed by atoms with Gasteiger partial charge in [0, 0.05) is 31.9 Å². The molecule has 1 aromatic carbocycles. The maximum Gasteiger partial charge on any atom is 0.407 e. The average molecular weight is 505 g/mol. The largest absolute Gasteiger partial charge is 0.497 e. The van der Waals surface area contributed by atoms with E-state index in [2.05, 4.69) is 17.5 Å². The molecule has 4 atom stereocenters. The Balaban J connectivity index is 1.55. The first kappa shape index (κ1) is 25.9. The van der Waals surface area contributed by atoms with Crippen LogP contribution in [0.1, 0.15) is 50.5 Å². The van der Waals surface area contributed by atoms with Crippen LogP contribution >= 0.6 is 11.8 Å². The topological polar surface area (TPSA) is 86.3 Å². The molecule has 2 amide bonds. The third-order valence-corrected chi connectivity index (χ3v) is 7.88. The molecule has 0 radical (unpaired) electrons. The number of fused-ring (bicyclic) bond motifs is 2. The van der Waals surface area contributed by atoms with Gasteiger partial charge in [0.05, 0.1) is 25.9 Å². The van der Waals surface area contributed by atoms with E-state index in [1.165, 1.54) is 11.8 Å². The summed E-state index contributed by atoms with van der Waals surface area (Å²) in [6.07, 6.45) is 9.53. The zero-order chi connectivity index (χ0) is 24.7. The number of cyclic esters (lactones) is 1. The van der Waals surface area contributed by atoms with Crippen LogP contribution in [0.25, 0.3) is 0 Å². The van der Waals surface area contributed by atoms with Crippen molar-refractivity contribution in [3.8, 4) is 5.75 Å². The van der Waals surface area contributed by atoms with E-state index in [9.17, 15) is 9.59 Å². The van der Waals surface area contributed by atoms with Gasteiger partial charge < -0.3 is 29.2 Å². The number of carbonyl (C=O) groups is 2. The van der Waals surface area contributed by atoms with Crippen LogP contribution in [-0.2, 0) is 20.8 Å². The van der Waals surface area contributed by atoms with E-state index in [4.69, 9.17) is 18.9 Å². The Kier molecular flexibility index (Phi) is 8.97. The zero-order valence-electron chi connectivity index (χ0n) is 20.6. The number of carbonyl (C=O) groups excluding carboxylic acids is 2. The second-order valence-corrected chi connectivity index (χ2v) is 10.3. The molecule has 0 aromatic heterocycles. The smallest absolute Gasteiger partial charge is 0.407 e. The molecule has 1 aromatic rings. The van der Waals surface area contributed by atoms with Crippen LogP contribution in [0.2, 0.25) is 0 Å². The number of benzene rings is 1. The van der Waals surface area contributed by atoms with E-state index >= 15 is 0 Å². The van der Waals surface area contributed by atoms with E-state index in [-0.39, 0.29) is 23.4 Å². The van der Waals surface area contributed by atoms with Crippen molar-refractivity contribution in [3.05, 3.63) is 42.0 Å². The normalized spacial score (nSPS) is 31.3. The Morgan fingerprint density at radius 2 is 1.91 bits per heavy atom. The summed E-state index contributed by atoms with van der Waals surface area (Å²) in [4.78, 5) is 27.3. The molecule has 2 saturated heterocycles. The molecular formula is C26H36N2O6S. The maximum atomic E-state index is 12.9. The summed E-state index contributed by atoms with van der Waals surface area (Å²) >= 11 is 1.29. The molecule has 8 nitrogen and oxygen atoms in total. The van der Waals surface area contributed by atoms with Crippen LogP contribution in [0.15, 0.2) is 36.4 Å². The van der Waals surface area contributed by atoms with E-state index < -0.39 is 11.9 Å². The molecule has 1 unspecified atom stereocenters. The molecule has 9 heteroatoms. The molecule has 4 rings (SSSR count). The lowest BCUT2D eigenvalue weighted by atomic mass is 9.89. The standard InChI is InChI=1S/C26H36N2O6S/c1-31-21-12-10-19(11-13-21)17-28-23(18-35-25(28)30)26(32-2)16-20-15-22(34-26)9-7-5-3-4-6-8-14-33-24(29)27-20/h3-4,10-13,20,22-23H,5-9,14-18H2,1-2H3,(H,27,29)/b4-3+/t20-,22?,23+,26-/m1/s1. The van der Waals surface area contributed by atoms with E-state index in [1.807, 2.05) is 29.2 Å². The van der Waals surface area contributed by atoms with Crippen LogP contribution in [0.3, 0.4) is 0 Å². The lowest BCUT2D eigenvalue weighted by molar-refractivity contribution is -0.294. The summed E-state index contributed by atoms with van der Waals surface area (Å²) < 4.78 is 23.4. The first-order chi connectivity index (χ1) is 17.0. The number of hydrogen-bond donors (Lipinski definition) is 1. The Morgan fingerprint density at radius 1 is 1.14 bits per heavy atom. The summed E-state index contributed by atoms with van der Waals surface area (Å²) in [5, 5.41) is 3.04. The van der Waals surface area contributed by atoms with Crippen LogP contribution in [0.4, 0.5) is 9.59 Å². The first-order valence-electron chi connectivity index (χ1n) is 12.4. The van der Waals surface area contributed by atoms with Crippen molar-refractivity contribution < 1.29 is 28.5 Å². The van der Waals surface area contributed by atoms with E-state index in [0.29, 0.717) is 31.7 Å². The van der Waals surface area contributed by atoms with Gasteiger partial charge in [-0.3, -0.25) is 4.79 Å². The fourth-order valence-corrected chi connectivity index (χ4v) is 6.17. The lowest BCUT2D eigenvalue weighted by Gasteiger charge is -2.48. The molecule has 0 aliphatic carbocycles. The third-order valence-electron chi connectivity index (χ3n) is 6.92. The highest BCUT2D eigenvalue weighted by Crippen LogP contribution is 2.42. The monoisotopic (exact) mass is 504 g/mol. The van der Waals surface area contributed by atoms with Gasteiger partial charge >= 0.3 is 6.09 Å². The molecule has 192 valence electrons. The molecule has 2 fully saturated rings. The molecule has 2 bridgehead atoms. The van der Waals surface area contributed by atoms with E-state index in [0.717, 1.165) is 43.4 Å². The SMILES string of the molecule is COc1ccc(CN2C(=O)SC[C@H]2[C@@]2(OC)C[C@H]3CC(CCC/C=C/CCCOC(=O)N3)O2)cc1. The quantitative estimate of drug-likeness (QED) is 0.573. The Labute approximate surface area is 211 Å². The number of allylic oxidation sites excluding steroid dienone is 2. The third kappa shape index (κ3) is 6.51. The molecule has 35 heavy (non-hydrogen) atoms. The molecule has 3 heterocycles. The van der Waals surface area contributed by atoms with Gasteiger partial charge in [0.25, 0.3) is 5.24 Å². The van der Waals surface area contributed by atoms with Crippen molar-refractivity contribution in [2.45, 2.75) is 75.5 Å². The fraction of sp³-hybridized carbons (Fsp3) is 0.615. The van der Waals surface area contributed by atoms with Crippen molar-refractivity contribution in [1.29, 1.82) is 0 Å². The van der Waals surface area contributed by atoms with Crippen LogP contribution < -0.4 is 10.1 Å². The van der Waals surface area contributed by atoms with Gasteiger partial charge in [0.15, 0.2) is 5.79 Å². The highest BCUT2D eigenvalue weighted by atomic mass is 32.2. The fourth-order valence-electron chi connectivity index (χ4n) is 5.08.